The van der Waals surface area contributed by atoms with Crippen LogP contribution in [0.25, 0.3) is 10.9 Å². The molecule has 30 heavy (non-hydrogen) atoms. The average Bonchev–Trinajstić information content (AvgIpc) is 3.43. The average molecular weight is 410 g/mol. The van der Waals surface area contributed by atoms with E-state index in [1.807, 2.05) is 11.7 Å². The van der Waals surface area contributed by atoms with Crippen LogP contribution in [-0.2, 0) is 12.5 Å². The molecule has 4 bridgehead atoms. The summed E-state index contributed by atoms with van der Waals surface area (Å²) in [7, 11) is 2.04. The fourth-order valence-electron chi connectivity index (χ4n) is 7.31. The molecule has 3 unspecified atom stereocenters. The van der Waals surface area contributed by atoms with E-state index in [4.69, 9.17) is 5.10 Å². The predicted molar refractivity (Wildman–Crippen MR) is 117 cm³/mol. The van der Waals surface area contributed by atoms with E-state index in [1.54, 1.807) is 0 Å². The molecule has 1 aromatic heterocycles. The van der Waals surface area contributed by atoms with Gasteiger partial charge in [0, 0.05) is 29.9 Å². The minimum absolute atomic E-state index is 0.227. The van der Waals surface area contributed by atoms with E-state index < -0.39 is 11.8 Å². The Bertz CT molecular complexity index is 976. The second-order valence-corrected chi connectivity index (χ2v) is 11.5. The quantitative estimate of drug-likeness (QED) is 0.788. The number of nitrogens with zero attached hydrogens (tertiary/aromatic N) is 3. The minimum Gasteiger partial charge on any atom is -0.390 e. The summed E-state index contributed by atoms with van der Waals surface area (Å²) in [6.07, 6.45) is 7.64. The largest absolute Gasteiger partial charge is 0.390 e. The number of rotatable bonds is 5. The smallest absolute Gasteiger partial charge is 0.108 e. The van der Waals surface area contributed by atoms with Gasteiger partial charge in [-0.15, -0.1) is 0 Å². The standard InChI is InChI=1S/C25H35N3O2/c1-24(2,23-22-19(16-7-8-16)5-4-6-20(22)27(3)26-23)14-21(29)28-17-9-15-10-18(28)13-25(30,11-15)12-17/h4-6,15-18,21,29-30H,7-14H2,1-3H3. The topological polar surface area (TPSA) is 61.5 Å². The fourth-order valence-corrected chi connectivity index (χ4v) is 7.31. The zero-order valence-corrected chi connectivity index (χ0v) is 18.5. The van der Waals surface area contributed by atoms with Crippen LogP contribution in [0.3, 0.4) is 0 Å². The summed E-state index contributed by atoms with van der Waals surface area (Å²) < 4.78 is 2.02. The number of hydrogen-bond acceptors (Lipinski definition) is 4. The van der Waals surface area contributed by atoms with Gasteiger partial charge in [-0.3, -0.25) is 9.58 Å². The molecule has 3 atom stereocenters. The second kappa shape index (κ2) is 6.30. The van der Waals surface area contributed by atoms with E-state index in [2.05, 4.69) is 36.9 Å². The second-order valence-electron chi connectivity index (χ2n) is 11.5. The van der Waals surface area contributed by atoms with Crippen LogP contribution in [-0.4, -0.2) is 48.8 Å². The van der Waals surface area contributed by atoms with Crippen LogP contribution in [0.1, 0.15) is 82.4 Å². The first-order chi connectivity index (χ1) is 14.2. The van der Waals surface area contributed by atoms with Gasteiger partial charge in [0.2, 0.25) is 0 Å². The van der Waals surface area contributed by atoms with Crippen molar-refractivity contribution in [3.05, 3.63) is 29.5 Å². The third kappa shape index (κ3) is 2.89. The lowest BCUT2D eigenvalue weighted by Crippen LogP contribution is -2.67. The molecule has 5 aliphatic rings. The molecule has 0 amide bonds. The van der Waals surface area contributed by atoms with Gasteiger partial charge in [-0.05, 0) is 74.8 Å². The summed E-state index contributed by atoms with van der Waals surface area (Å²) in [5, 5.41) is 28.6. The molecule has 5 heteroatoms. The van der Waals surface area contributed by atoms with Crippen molar-refractivity contribution in [1.29, 1.82) is 0 Å². The molecule has 162 valence electrons. The van der Waals surface area contributed by atoms with Crippen molar-refractivity contribution >= 4 is 10.9 Å². The van der Waals surface area contributed by atoms with Crippen LogP contribution in [0, 0.1) is 5.92 Å². The van der Waals surface area contributed by atoms with E-state index in [0.29, 0.717) is 30.3 Å². The van der Waals surface area contributed by atoms with Crippen molar-refractivity contribution in [2.75, 3.05) is 0 Å². The Labute approximate surface area is 179 Å². The van der Waals surface area contributed by atoms with Crippen molar-refractivity contribution in [2.45, 2.75) is 100 Å². The van der Waals surface area contributed by atoms with Gasteiger partial charge in [-0.25, -0.2) is 0 Å². The van der Waals surface area contributed by atoms with Gasteiger partial charge in [0.05, 0.1) is 16.8 Å². The Hall–Kier alpha value is -1.43. The molecule has 3 aliphatic carbocycles. The van der Waals surface area contributed by atoms with Crippen molar-refractivity contribution in [3.63, 3.8) is 0 Å². The van der Waals surface area contributed by atoms with Crippen molar-refractivity contribution < 1.29 is 10.2 Å². The number of aryl methyl sites for hydroxylation is 1. The van der Waals surface area contributed by atoms with Gasteiger partial charge in [0.25, 0.3) is 0 Å². The van der Waals surface area contributed by atoms with Crippen LogP contribution >= 0.6 is 0 Å². The third-order valence-electron chi connectivity index (χ3n) is 8.56. The van der Waals surface area contributed by atoms with Gasteiger partial charge in [0.1, 0.15) is 6.23 Å². The number of aromatic nitrogens is 2. The van der Waals surface area contributed by atoms with E-state index in [1.165, 1.54) is 29.3 Å². The molecule has 2 saturated heterocycles. The molecule has 3 heterocycles. The molecular weight excluding hydrogens is 374 g/mol. The zero-order chi connectivity index (χ0) is 20.8. The normalized spacial score (nSPS) is 34.8. The Morgan fingerprint density at radius 2 is 1.87 bits per heavy atom. The van der Waals surface area contributed by atoms with Crippen LogP contribution in [0.5, 0.6) is 0 Å². The number of aliphatic hydroxyl groups is 2. The SMILES string of the molecule is Cn1nc(C(C)(C)CC(O)N2C3CC4CC2CC(O)(C4)C3)c2c(C3CC3)cccc21. The summed E-state index contributed by atoms with van der Waals surface area (Å²) in [6, 6.07) is 7.27. The lowest BCUT2D eigenvalue weighted by Gasteiger charge is -2.61. The van der Waals surface area contributed by atoms with Gasteiger partial charge < -0.3 is 10.2 Å². The number of benzene rings is 1. The van der Waals surface area contributed by atoms with Crippen molar-refractivity contribution in [1.82, 2.24) is 14.7 Å². The number of fused-ring (bicyclic) bond motifs is 1. The molecule has 1 aromatic carbocycles. The predicted octanol–water partition coefficient (Wildman–Crippen LogP) is 3.81. The molecule has 5 nitrogen and oxygen atoms in total. The summed E-state index contributed by atoms with van der Waals surface area (Å²) >= 11 is 0. The minimum atomic E-state index is -0.483. The highest BCUT2D eigenvalue weighted by Crippen LogP contribution is 2.52. The summed E-state index contributed by atoms with van der Waals surface area (Å²) in [5.41, 5.74) is 3.07. The first kappa shape index (κ1) is 19.3. The summed E-state index contributed by atoms with van der Waals surface area (Å²) in [6.45, 7) is 4.48. The fraction of sp³-hybridized carbons (Fsp3) is 0.720. The maximum Gasteiger partial charge on any atom is 0.108 e. The summed E-state index contributed by atoms with van der Waals surface area (Å²) in [5.74, 6) is 1.32. The lowest BCUT2D eigenvalue weighted by atomic mass is 9.61. The lowest BCUT2D eigenvalue weighted by molar-refractivity contribution is -0.200. The highest BCUT2D eigenvalue weighted by atomic mass is 16.3. The molecule has 0 spiro atoms. The first-order valence-corrected chi connectivity index (χ1v) is 11.9. The number of piperidine rings is 2. The Morgan fingerprint density at radius 3 is 2.50 bits per heavy atom. The molecule has 2 aliphatic heterocycles. The molecule has 0 radical (unpaired) electrons. The molecular formula is C25H35N3O2. The van der Waals surface area contributed by atoms with E-state index in [0.717, 1.165) is 37.8 Å². The maximum atomic E-state index is 11.4. The third-order valence-corrected chi connectivity index (χ3v) is 8.56. The highest BCUT2D eigenvalue weighted by molar-refractivity contribution is 5.87. The van der Waals surface area contributed by atoms with Crippen LogP contribution in [0.15, 0.2) is 18.2 Å². The van der Waals surface area contributed by atoms with E-state index >= 15 is 0 Å². The number of aliphatic hydroxyl groups excluding tert-OH is 1. The molecule has 2 aromatic rings. The Kier molecular flexibility index (Phi) is 4.05. The van der Waals surface area contributed by atoms with E-state index in [9.17, 15) is 10.2 Å². The van der Waals surface area contributed by atoms with Crippen LogP contribution in [0.4, 0.5) is 0 Å². The maximum absolute atomic E-state index is 11.4. The van der Waals surface area contributed by atoms with Gasteiger partial charge in [-0.1, -0.05) is 26.0 Å². The molecule has 3 saturated carbocycles. The Morgan fingerprint density at radius 1 is 1.17 bits per heavy atom. The van der Waals surface area contributed by atoms with Crippen molar-refractivity contribution in [2.24, 2.45) is 13.0 Å². The van der Waals surface area contributed by atoms with Crippen LogP contribution in [0.2, 0.25) is 0 Å². The molecule has 2 N–H and O–H groups in total. The summed E-state index contributed by atoms with van der Waals surface area (Å²) in [4.78, 5) is 2.36. The van der Waals surface area contributed by atoms with Gasteiger partial charge in [-0.2, -0.15) is 5.10 Å². The van der Waals surface area contributed by atoms with Gasteiger partial charge in [0.15, 0.2) is 0 Å². The zero-order valence-electron chi connectivity index (χ0n) is 18.5. The monoisotopic (exact) mass is 409 g/mol. The van der Waals surface area contributed by atoms with E-state index in [-0.39, 0.29) is 5.41 Å². The first-order valence-electron chi connectivity index (χ1n) is 11.9. The Balaban J connectivity index is 1.31. The van der Waals surface area contributed by atoms with Crippen LogP contribution < -0.4 is 0 Å². The molecule has 5 fully saturated rings. The molecule has 7 rings (SSSR count). The van der Waals surface area contributed by atoms with Gasteiger partial charge >= 0.3 is 0 Å². The highest BCUT2D eigenvalue weighted by Gasteiger charge is 2.55. The van der Waals surface area contributed by atoms with Crippen molar-refractivity contribution in [3.8, 4) is 0 Å². The number of hydrogen-bond donors (Lipinski definition) is 2.